The van der Waals surface area contributed by atoms with Crippen LogP contribution in [0.2, 0.25) is 10.0 Å². The van der Waals surface area contributed by atoms with Crippen molar-refractivity contribution in [1.29, 1.82) is 5.26 Å². The molecule has 0 aliphatic carbocycles. The topological polar surface area (TPSA) is 86.3 Å². The Morgan fingerprint density at radius 3 is 2.82 bits per heavy atom. The van der Waals surface area contributed by atoms with Crippen molar-refractivity contribution in [1.82, 2.24) is 15.2 Å². The van der Waals surface area contributed by atoms with Gasteiger partial charge in [-0.25, -0.2) is 0 Å². The molecule has 0 radical (unpaired) electrons. The van der Waals surface area contributed by atoms with E-state index in [1.807, 2.05) is 6.07 Å². The maximum absolute atomic E-state index is 9.72. The van der Waals surface area contributed by atoms with E-state index >= 15 is 0 Å². The quantitative estimate of drug-likeness (QED) is 0.332. The number of nitriles is 1. The molecule has 1 fully saturated rings. The molecule has 2 N–H and O–H groups in total. The number of nitrogens with one attached hydrogen (secondary N) is 2. The lowest BCUT2D eigenvalue weighted by atomic mass is 10.2. The number of hydrogen-bond donors (Lipinski definition) is 2. The lowest BCUT2D eigenvalue weighted by molar-refractivity contribution is 0.216. The van der Waals surface area contributed by atoms with Crippen LogP contribution >= 0.6 is 34.5 Å². The van der Waals surface area contributed by atoms with Gasteiger partial charge in [0.05, 0.1) is 57.1 Å². The molecule has 174 valence electrons. The van der Waals surface area contributed by atoms with Gasteiger partial charge in [-0.05, 0) is 18.2 Å². The number of pyridine rings is 1. The summed E-state index contributed by atoms with van der Waals surface area (Å²) in [6.45, 7) is 4.79. The molecule has 4 heterocycles. The van der Waals surface area contributed by atoms with Gasteiger partial charge < -0.3 is 19.8 Å². The molecule has 0 bridgehead atoms. The number of methoxy groups -OCH3 is 1. The van der Waals surface area contributed by atoms with Crippen molar-refractivity contribution in [3.8, 4) is 22.3 Å². The number of nitrogens with zero attached hydrogens (tertiary/aromatic N) is 3. The van der Waals surface area contributed by atoms with Crippen LogP contribution in [0.5, 0.6) is 5.75 Å². The molecule has 1 aromatic carbocycles. The van der Waals surface area contributed by atoms with Crippen LogP contribution in [0.15, 0.2) is 41.1 Å². The Balaban J connectivity index is 1.49. The van der Waals surface area contributed by atoms with Gasteiger partial charge in [0, 0.05) is 48.9 Å². The number of benzene rings is 1. The van der Waals surface area contributed by atoms with E-state index in [0.717, 1.165) is 59.1 Å². The third kappa shape index (κ3) is 4.58. The molecule has 0 atom stereocenters. The van der Waals surface area contributed by atoms with E-state index in [1.54, 1.807) is 35.9 Å². The maximum atomic E-state index is 9.72. The Morgan fingerprint density at radius 2 is 2.06 bits per heavy atom. The van der Waals surface area contributed by atoms with E-state index in [2.05, 4.69) is 32.7 Å². The van der Waals surface area contributed by atoms with Crippen LogP contribution in [-0.4, -0.2) is 43.2 Å². The lowest BCUT2D eigenvalue weighted by Crippen LogP contribution is -2.42. The Kier molecular flexibility index (Phi) is 6.63. The fraction of sp³-hybridized carbons (Fsp3) is 0.250. The van der Waals surface area contributed by atoms with E-state index < -0.39 is 0 Å². The van der Waals surface area contributed by atoms with Crippen LogP contribution in [-0.2, 0) is 6.54 Å². The molecule has 0 spiro atoms. The molecule has 1 saturated heterocycles. The van der Waals surface area contributed by atoms with E-state index in [9.17, 15) is 5.26 Å². The van der Waals surface area contributed by atoms with E-state index in [-0.39, 0.29) is 0 Å². The van der Waals surface area contributed by atoms with Crippen molar-refractivity contribution in [2.75, 3.05) is 38.6 Å². The molecule has 7 nitrogen and oxygen atoms in total. The predicted molar refractivity (Wildman–Crippen MR) is 136 cm³/mol. The molecular formula is C24H21Cl2N5O2S. The summed E-state index contributed by atoms with van der Waals surface area (Å²) >= 11 is 14.1. The fourth-order valence-electron chi connectivity index (χ4n) is 3.93. The third-order valence-electron chi connectivity index (χ3n) is 5.69. The van der Waals surface area contributed by atoms with Gasteiger partial charge in [-0.15, -0.1) is 11.3 Å². The minimum absolute atomic E-state index is 0.411. The van der Waals surface area contributed by atoms with Gasteiger partial charge in [0.2, 0.25) is 0 Å². The molecule has 0 saturated carbocycles. The Bertz CT molecular complexity index is 1390. The zero-order chi connectivity index (χ0) is 23.7. The lowest BCUT2D eigenvalue weighted by Gasteiger charge is -2.26. The highest BCUT2D eigenvalue weighted by atomic mass is 35.5. The van der Waals surface area contributed by atoms with Gasteiger partial charge in [0.15, 0.2) is 0 Å². The Hall–Kier alpha value is -2.80. The number of anilines is 2. The molecule has 0 amide bonds. The zero-order valence-electron chi connectivity index (χ0n) is 18.3. The number of aromatic nitrogens is 1. The second-order valence-electron chi connectivity index (χ2n) is 7.90. The van der Waals surface area contributed by atoms with Gasteiger partial charge in [-0.1, -0.05) is 23.2 Å². The van der Waals surface area contributed by atoms with Crippen molar-refractivity contribution >= 4 is 56.1 Å². The predicted octanol–water partition coefficient (Wildman–Crippen LogP) is 5.89. The third-order valence-corrected chi connectivity index (χ3v) is 7.49. The minimum atomic E-state index is 0.411. The standard InChI is InChI=1S/C24H21Cl2N5O2S/c1-32-21-8-19(17(25)7-18(21)26)30-23-15(10-27)11-29-20-9-22(34-24(20)23)14-6-16(33-13-14)12-31-4-2-28-3-5-31/h6-9,11,13,28H,2-5,12H2,1H3,(H,29,30). The Morgan fingerprint density at radius 1 is 1.24 bits per heavy atom. The van der Waals surface area contributed by atoms with E-state index in [4.69, 9.17) is 32.4 Å². The number of hydrogen-bond acceptors (Lipinski definition) is 8. The van der Waals surface area contributed by atoms with Crippen LogP contribution < -0.4 is 15.4 Å². The number of thiophene rings is 1. The number of furan rings is 1. The van der Waals surface area contributed by atoms with E-state index in [0.29, 0.717) is 32.7 Å². The highest BCUT2D eigenvalue weighted by Crippen LogP contribution is 2.42. The first kappa shape index (κ1) is 23.0. The van der Waals surface area contributed by atoms with Crippen LogP contribution in [0, 0.1) is 11.3 Å². The van der Waals surface area contributed by atoms with Gasteiger partial charge >= 0.3 is 0 Å². The summed E-state index contributed by atoms with van der Waals surface area (Å²) < 4.78 is 12.0. The summed E-state index contributed by atoms with van der Waals surface area (Å²) in [5, 5.41) is 17.2. The van der Waals surface area contributed by atoms with Crippen molar-refractivity contribution in [2.24, 2.45) is 0 Å². The number of fused-ring (bicyclic) bond motifs is 1. The van der Waals surface area contributed by atoms with Crippen molar-refractivity contribution in [3.05, 3.63) is 58.1 Å². The molecule has 5 rings (SSSR count). The number of halogens is 2. The highest BCUT2D eigenvalue weighted by molar-refractivity contribution is 7.22. The first-order valence-electron chi connectivity index (χ1n) is 10.7. The molecule has 0 unspecified atom stereocenters. The summed E-state index contributed by atoms with van der Waals surface area (Å²) in [7, 11) is 1.54. The van der Waals surface area contributed by atoms with Crippen molar-refractivity contribution in [3.63, 3.8) is 0 Å². The normalized spacial score (nSPS) is 14.3. The monoisotopic (exact) mass is 513 g/mol. The molecule has 1 aliphatic rings. The summed E-state index contributed by atoms with van der Waals surface area (Å²) in [5.41, 5.74) is 3.41. The molecule has 4 aromatic rings. The van der Waals surface area contributed by atoms with Gasteiger partial charge in [0.1, 0.15) is 17.6 Å². The first-order chi connectivity index (χ1) is 16.6. The second-order valence-corrected chi connectivity index (χ2v) is 9.77. The largest absolute Gasteiger partial charge is 0.495 e. The SMILES string of the molecule is COc1cc(Nc2c(C#N)cnc3cc(-c4coc(CN5CCNCC5)c4)sc23)c(Cl)cc1Cl. The molecule has 3 aromatic heterocycles. The van der Waals surface area contributed by atoms with E-state index in [1.165, 1.54) is 7.11 Å². The average molecular weight is 514 g/mol. The molecule has 1 aliphatic heterocycles. The summed E-state index contributed by atoms with van der Waals surface area (Å²) in [4.78, 5) is 7.88. The molecule has 10 heteroatoms. The minimum Gasteiger partial charge on any atom is -0.495 e. The van der Waals surface area contributed by atoms with Crippen molar-refractivity contribution < 1.29 is 9.15 Å². The number of piperazine rings is 1. The second kappa shape index (κ2) is 9.82. The van der Waals surface area contributed by atoms with Crippen LogP contribution in [0.4, 0.5) is 11.4 Å². The molecule has 34 heavy (non-hydrogen) atoms. The van der Waals surface area contributed by atoms with Crippen LogP contribution in [0.3, 0.4) is 0 Å². The van der Waals surface area contributed by atoms with Gasteiger partial charge in [-0.2, -0.15) is 5.26 Å². The summed E-state index contributed by atoms with van der Waals surface area (Å²) in [5.74, 6) is 1.41. The maximum Gasteiger partial charge on any atom is 0.139 e. The molecular weight excluding hydrogens is 493 g/mol. The number of rotatable bonds is 6. The fourth-order valence-corrected chi connectivity index (χ4v) is 5.53. The van der Waals surface area contributed by atoms with Gasteiger partial charge in [0.25, 0.3) is 0 Å². The zero-order valence-corrected chi connectivity index (χ0v) is 20.7. The van der Waals surface area contributed by atoms with Gasteiger partial charge in [-0.3, -0.25) is 9.88 Å². The van der Waals surface area contributed by atoms with Crippen molar-refractivity contribution in [2.45, 2.75) is 6.54 Å². The van der Waals surface area contributed by atoms with Crippen LogP contribution in [0.25, 0.3) is 20.7 Å². The van der Waals surface area contributed by atoms with Crippen LogP contribution in [0.1, 0.15) is 11.3 Å². The Labute approximate surface area is 210 Å². The number of ether oxygens (including phenoxy) is 1. The smallest absolute Gasteiger partial charge is 0.139 e. The summed E-state index contributed by atoms with van der Waals surface area (Å²) in [6.07, 6.45) is 3.34. The average Bonchev–Trinajstić information content (AvgIpc) is 3.48. The summed E-state index contributed by atoms with van der Waals surface area (Å²) in [6, 6.07) is 9.63. The highest BCUT2D eigenvalue weighted by Gasteiger charge is 2.18. The first-order valence-corrected chi connectivity index (χ1v) is 12.3.